The number of nitrogens with zero attached hydrogens (tertiary/aromatic N) is 2. The van der Waals surface area contributed by atoms with E-state index in [9.17, 15) is 9.59 Å². The standard InChI is InChI=1S/C14H13N3O3/c1-9-6-15-5-4-10(9)7-17-13(18)12-3-2-11(8-16-12)14(19)20/h2-6,8H,7H2,1H3,(H,17,18)(H,19,20). The number of carbonyl (C=O) groups excluding carboxylic acids is 1. The second kappa shape index (κ2) is 5.92. The predicted molar refractivity (Wildman–Crippen MR) is 71.3 cm³/mol. The molecule has 2 aromatic heterocycles. The molecule has 0 saturated heterocycles. The van der Waals surface area contributed by atoms with Crippen LogP contribution in [0.4, 0.5) is 0 Å². The number of carbonyl (C=O) groups is 2. The third-order valence-electron chi connectivity index (χ3n) is 2.82. The van der Waals surface area contributed by atoms with E-state index in [1.807, 2.05) is 13.0 Å². The molecule has 0 fully saturated rings. The minimum Gasteiger partial charge on any atom is -0.478 e. The first-order valence-corrected chi connectivity index (χ1v) is 5.95. The van der Waals surface area contributed by atoms with Crippen molar-refractivity contribution in [1.29, 1.82) is 0 Å². The van der Waals surface area contributed by atoms with Crippen LogP contribution in [0.15, 0.2) is 36.8 Å². The van der Waals surface area contributed by atoms with Crippen molar-refractivity contribution in [2.24, 2.45) is 0 Å². The predicted octanol–water partition coefficient (Wildman–Crippen LogP) is 1.41. The Kier molecular flexibility index (Phi) is 4.05. The van der Waals surface area contributed by atoms with Gasteiger partial charge in [0.25, 0.3) is 5.91 Å². The number of hydrogen-bond donors (Lipinski definition) is 2. The molecule has 0 aliphatic carbocycles. The molecule has 20 heavy (non-hydrogen) atoms. The van der Waals surface area contributed by atoms with Crippen LogP contribution < -0.4 is 5.32 Å². The van der Waals surface area contributed by atoms with E-state index >= 15 is 0 Å². The molecule has 2 heterocycles. The lowest BCUT2D eigenvalue weighted by Gasteiger charge is -2.07. The lowest BCUT2D eigenvalue weighted by Crippen LogP contribution is -2.24. The van der Waals surface area contributed by atoms with Crippen LogP contribution in [0.1, 0.15) is 32.0 Å². The van der Waals surface area contributed by atoms with Crippen molar-refractivity contribution >= 4 is 11.9 Å². The number of pyridine rings is 2. The van der Waals surface area contributed by atoms with Crippen LogP contribution in [0, 0.1) is 6.92 Å². The van der Waals surface area contributed by atoms with Crippen molar-refractivity contribution in [3.8, 4) is 0 Å². The van der Waals surface area contributed by atoms with Gasteiger partial charge in [-0.1, -0.05) is 0 Å². The van der Waals surface area contributed by atoms with Gasteiger partial charge in [0.1, 0.15) is 5.69 Å². The highest BCUT2D eigenvalue weighted by atomic mass is 16.4. The van der Waals surface area contributed by atoms with E-state index in [1.54, 1.807) is 12.4 Å². The molecule has 2 aromatic rings. The topological polar surface area (TPSA) is 92.2 Å². The van der Waals surface area contributed by atoms with Crippen molar-refractivity contribution in [3.63, 3.8) is 0 Å². The molecule has 102 valence electrons. The van der Waals surface area contributed by atoms with Crippen LogP contribution in [-0.4, -0.2) is 27.0 Å². The normalized spacial score (nSPS) is 10.1. The number of aryl methyl sites for hydroxylation is 1. The van der Waals surface area contributed by atoms with Gasteiger partial charge < -0.3 is 10.4 Å². The molecule has 1 amide bonds. The van der Waals surface area contributed by atoms with Gasteiger partial charge in [0.15, 0.2) is 0 Å². The summed E-state index contributed by atoms with van der Waals surface area (Å²) in [6, 6.07) is 4.57. The van der Waals surface area contributed by atoms with Crippen LogP contribution in [0.5, 0.6) is 0 Å². The van der Waals surface area contributed by atoms with E-state index < -0.39 is 5.97 Å². The van der Waals surface area contributed by atoms with Crippen LogP contribution in [0.3, 0.4) is 0 Å². The Balaban J connectivity index is 2.02. The number of amides is 1. The summed E-state index contributed by atoms with van der Waals surface area (Å²) >= 11 is 0. The third kappa shape index (κ3) is 3.17. The summed E-state index contributed by atoms with van der Waals surface area (Å²) in [6.45, 7) is 2.28. The number of aromatic carboxylic acids is 1. The number of rotatable bonds is 4. The summed E-state index contributed by atoms with van der Waals surface area (Å²) in [4.78, 5) is 30.4. The quantitative estimate of drug-likeness (QED) is 0.877. The van der Waals surface area contributed by atoms with Gasteiger partial charge in [-0.3, -0.25) is 14.8 Å². The lowest BCUT2D eigenvalue weighted by atomic mass is 10.1. The zero-order chi connectivity index (χ0) is 14.5. The molecule has 0 spiro atoms. The number of nitrogens with one attached hydrogen (secondary N) is 1. The molecular formula is C14H13N3O3. The van der Waals surface area contributed by atoms with Crippen molar-refractivity contribution in [2.45, 2.75) is 13.5 Å². The van der Waals surface area contributed by atoms with E-state index in [0.717, 1.165) is 17.3 Å². The van der Waals surface area contributed by atoms with Crippen molar-refractivity contribution < 1.29 is 14.7 Å². The van der Waals surface area contributed by atoms with Gasteiger partial charge in [0.05, 0.1) is 5.56 Å². The van der Waals surface area contributed by atoms with Gasteiger partial charge in [-0.15, -0.1) is 0 Å². The smallest absolute Gasteiger partial charge is 0.337 e. The van der Waals surface area contributed by atoms with Gasteiger partial charge in [0.2, 0.25) is 0 Å². The zero-order valence-corrected chi connectivity index (χ0v) is 10.8. The van der Waals surface area contributed by atoms with Crippen LogP contribution in [0.25, 0.3) is 0 Å². The maximum Gasteiger partial charge on any atom is 0.337 e. The van der Waals surface area contributed by atoms with Crippen LogP contribution in [0.2, 0.25) is 0 Å². The van der Waals surface area contributed by atoms with E-state index in [0.29, 0.717) is 6.54 Å². The molecule has 6 nitrogen and oxygen atoms in total. The summed E-state index contributed by atoms with van der Waals surface area (Å²) in [5.74, 6) is -1.42. The molecule has 6 heteroatoms. The third-order valence-corrected chi connectivity index (χ3v) is 2.82. The fourth-order valence-corrected chi connectivity index (χ4v) is 1.62. The highest BCUT2D eigenvalue weighted by Crippen LogP contribution is 2.05. The molecule has 0 bridgehead atoms. The molecule has 2 rings (SSSR count). The first-order valence-electron chi connectivity index (χ1n) is 5.95. The number of hydrogen-bond acceptors (Lipinski definition) is 4. The Morgan fingerprint density at radius 3 is 2.65 bits per heavy atom. The van der Waals surface area contributed by atoms with Gasteiger partial charge in [0, 0.05) is 25.1 Å². The maximum absolute atomic E-state index is 11.9. The molecule has 0 aliphatic heterocycles. The Morgan fingerprint density at radius 1 is 1.25 bits per heavy atom. The molecule has 0 radical (unpaired) electrons. The lowest BCUT2D eigenvalue weighted by molar-refractivity contribution is 0.0695. The fourth-order valence-electron chi connectivity index (χ4n) is 1.62. The number of aromatic nitrogens is 2. The average Bonchev–Trinajstić information content (AvgIpc) is 2.46. The number of carboxylic acid groups (broad SMARTS) is 1. The second-order valence-electron chi connectivity index (χ2n) is 4.22. The Bertz CT molecular complexity index is 638. The summed E-state index contributed by atoms with van der Waals surface area (Å²) in [5, 5.41) is 11.5. The van der Waals surface area contributed by atoms with Crippen molar-refractivity contribution in [1.82, 2.24) is 15.3 Å². The summed E-state index contributed by atoms with van der Waals surface area (Å²) in [7, 11) is 0. The first kappa shape index (κ1) is 13.7. The van der Waals surface area contributed by atoms with Gasteiger partial charge in [-0.25, -0.2) is 4.79 Å². The van der Waals surface area contributed by atoms with E-state index in [4.69, 9.17) is 5.11 Å². The summed E-state index contributed by atoms with van der Waals surface area (Å²) < 4.78 is 0. The maximum atomic E-state index is 11.9. The fraction of sp³-hybridized carbons (Fsp3) is 0.143. The van der Waals surface area contributed by atoms with Gasteiger partial charge in [-0.05, 0) is 36.2 Å². The zero-order valence-electron chi connectivity index (χ0n) is 10.8. The first-order chi connectivity index (χ1) is 9.58. The van der Waals surface area contributed by atoms with Crippen LogP contribution >= 0.6 is 0 Å². The summed E-state index contributed by atoms with van der Waals surface area (Å²) in [6.07, 6.45) is 4.55. The van der Waals surface area contributed by atoms with Crippen LogP contribution in [-0.2, 0) is 6.54 Å². The minimum absolute atomic E-state index is 0.0477. The van der Waals surface area contributed by atoms with E-state index in [1.165, 1.54) is 12.1 Å². The summed E-state index contributed by atoms with van der Waals surface area (Å²) in [5.41, 5.74) is 2.19. The molecule has 2 N–H and O–H groups in total. The van der Waals surface area contributed by atoms with Crippen molar-refractivity contribution in [2.75, 3.05) is 0 Å². The monoisotopic (exact) mass is 271 g/mol. The number of carboxylic acids is 1. The largest absolute Gasteiger partial charge is 0.478 e. The molecule has 0 atom stereocenters. The Hall–Kier alpha value is -2.76. The highest BCUT2D eigenvalue weighted by molar-refractivity contribution is 5.93. The second-order valence-corrected chi connectivity index (χ2v) is 4.22. The molecule has 0 unspecified atom stereocenters. The Morgan fingerprint density at radius 2 is 2.05 bits per heavy atom. The molecule has 0 aromatic carbocycles. The van der Waals surface area contributed by atoms with Gasteiger partial charge in [-0.2, -0.15) is 0 Å². The minimum atomic E-state index is -1.07. The highest BCUT2D eigenvalue weighted by Gasteiger charge is 2.09. The van der Waals surface area contributed by atoms with Crippen molar-refractivity contribution in [3.05, 3.63) is 59.2 Å². The van der Waals surface area contributed by atoms with E-state index in [-0.39, 0.29) is 17.2 Å². The van der Waals surface area contributed by atoms with E-state index in [2.05, 4.69) is 15.3 Å². The molecule has 0 saturated carbocycles. The SMILES string of the molecule is Cc1cnccc1CNC(=O)c1ccc(C(=O)O)cn1. The Labute approximate surface area is 115 Å². The molecule has 0 aliphatic rings. The van der Waals surface area contributed by atoms with Gasteiger partial charge >= 0.3 is 5.97 Å². The molecular weight excluding hydrogens is 258 g/mol. The average molecular weight is 271 g/mol.